The summed E-state index contributed by atoms with van der Waals surface area (Å²) in [6.45, 7) is 6.84. The topological polar surface area (TPSA) is 70.2 Å². The Morgan fingerprint density at radius 1 is 1.07 bits per heavy atom. The van der Waals surface area contributed by atoms with Gasteiger partial charge in [-0.3, -0.25) is 9.59 Å². The highest BCUT2D eigenvalue weighted by Crippen LogP contribution is 2.60. The Hall–Kier alpha value is -0.810. The first-order chi connectivity index (χ1) is 12.9. The van der Waals surface area contributed by atoms with Crippen LogP contribution in [0.4, 0.5) is 0 Å². The van der Waals surface area contributed by atoms with Gasteiger partial charge in [0.05, 0.1) is 0 Å². The normalized spacial score (nSPS) is 37.2. The van der Waals surface area contributed by atoms with Crippen LogP contribution in [0.25, 0.3) is 0 Å². The maximum absolute atomic E-state index is 13.3. The Morgan fingerprint density at radius 2 is 1.68 bits per heavy atom. The van der Waals surface area contributed by atoms with E-state index in [1.54, 1.807) is 0 Å². The molecule has 4 bridgehead atoms. The van der Waals surface area contributed by atoms with Gasteiger partial charge in [-0.2, -0.15) is 0 Å². The number of halogens is 1. The highest BCUT2D eigenvalue weighted by atomic mass is 35.5. The third kappa shape index (κ3) is 4.51. The van der Waals surface area contributed by atoms with E-state index in [-0.39, 0.29) is 35.6 Å². The molecule has 1 aliphatic heterocycles. The molecule has 0 spiro atoms. The predicted octanol–water partition coefficient (Wildman–Crippen LogP) is 2.88. The monoisotopic (exact) mass is 411 g/mol. The zero-order chi connectivity index (χ0) is 19.0. The van der Waals surface area contributed by atoms with E-state index in [4.69, 9.17) is 0 Å². The third-order valence-electron chi connectivity index (χ3n) is 7.72. The standard InChI is InChI=1S/C22H37N3O2.ClH/c1-14(2)19(20(26)24-13-15-4-3-5-23-12-15)25-21(27)22-9-16-6-17(10-22)8-18(7-16)11-22;/h14-19,23H,3-13H2,1-2H3,(H,24,26)(H,25,27);1H. The third-order valence-corrected chi connectivity index (χ3v) is 7.72. The molecule has 5 rings (SSSR count). The van der Waals surface area contributed by atoms with Gasteiger partial charge in [0.15, 0.2) is 0 Å². The lowest BCUT2D eigenvalue weighted by Gasteiger charge is -2.55. The molecule has 0 radical (unpaired) electrons. The molecule has 6 heteroatoms. The van der Waals surface area contributed by atoms with Gasteiger partial charge in [-0.1, -0.05) is 13.8 Å². The highest BCUT2D eigenvalue weighted by molar-refractivity contribution is 5.90. The van der Waals surface area contributed by atoms with Crippen molar-refractivity contribution in [2.75, 3.05) is 19.6 Å². The number of amides is 2. The Labute approximate surface area is 176 Å². The van der Waals surface area contributed by atoms with Gasteiger partial charge in [-0.05, 0) is 94.0 Å². The van der Waals surface area contributed by atoms with Crippen LogP contribution in [0.15, 0.2) is 0 Å². The fraction of sp³-hybridized carbons (Fsp3) is 0.909. The van der Waals surface area contributed by atoms with Crippen LogP contribution in [0, 0.1) is 35.0 Å². The molecule has 0 aromatic carbocycles. The zero-order valence-electron chi connectivity index (χ0n) is 17.5. The van der Waals surface area contributed by atoms with Crippen LogP contribution in [0.3, 0.4) is 0 Å². The number of rotatable bonds is 6. The first-order valence-electron chi connectivity index (χ1n) is 11.2. The molecular weight excluding hydrogens is 374 g/mol. The lowest BCUT2D eigenvalue weighted by atomic mass is 9.49. The van der Waals surface area contributed by atoms with E-state index >= 15 is 0 Å². The maximum Gasteiger partial charge on any atom is 0.242 e. The summed E-state index contributed by atoms with van der Waals surface area (Å²) in [5, 5.41) is 9.71. The fourth-order valence-electron chi connectivity index (χ4n) is 6.67. The number of hydrogen-bond donors (Lipinski definition) is 3. The molecule has 0 aromatic heterocycles. The summed E-state index contributed by atoms with van der Waals surface area (Å²) in [5.41, 5.74) is -0.185. The van der Waals surface area contributed by atoms with Crippen molar-refractivity contribution in [3.63, 3.8) is 0 Å². The number of carbonyl (C=O) groups is 2. The van der Waals surface area contributed by atoms with Gasteiger partial charge in [0.2, 0.25) is 11.8 Å². The molecule has 3 N–H and O–H groups in total. The van der Waals surface area contributed by atoms with Gasteiger partial charge in [0, 0.05) is 12.0 Å². The molecule has 160 valence electrons. The van der Waals surface area contributed by atoms with Gasteiger partial charge in [-0.25, -0.2) is 0 Å². The fourth-order valence-corrected chi connectivity index (χ4v) is 6.67. The summed E-state index contributed by atoms with van der Waals surface area (Å²) in [4.78, 5) is 26.2. The van der Waals surface area contributed by atoms with Gasteiger partial charge in [-0.15, -0.1) is 12.4 Å². The van der Waals surface area contributed by atoms with Crippen LogP contribution < -0.4 is 16.0 Å². The lowest BCUT2D eigenvalue weighted by molar-refractivity contribution is -0.149. The molecule has 28 heavy (non-hydrogen) atoms. The molecule has 5 aliphatic rings. The zero-order valence-corrected chi connectivity index (χ0v) is 18.3. The van der Waals surface area contributed by atoms with E-state index in [2.05, 4.69) is 16.0 Å². The first kappa shape index (κ1) is 21.9. The van der Waals surface area contributed by atoms with Crippen LogP contribution in [-0.2, 0) is 9.59 Å². The molecule has 2 unspecified atom stereocenters. The van der Waals surface area contributed by atoms with Crippen LogP contribution in [-0.4, -0.2) is 37.5 Å². The smallest absolute Gasteiger partial charge is 0.242 e. The predicted molar refractivity (Wildman–Crippen MR) is 113 cm³/mol. The van der Waals surface area contributed by atoms with Crippen molar-refractivity contribution in [2.45, 2.75) is 71.3 Å². The quantitative estimate of drug-likeness (QED) is 0.629. The van der Waals surface area contributed by atoms with E-state index in [1.807, 2.05) is 13.8 Å². The SMILES string of the molecule is CC(C)C(NC(=O)C12CC3CC(CC(C3)C1)C2)C(=O)NCC1CCCNC1.Cl. The van der Waals surface area contributed by atoms with Gasteiger partial charge in [0.1, 0.15) is 6.04 Å². The number of carbonyl (C=O) groups excluding carboxylic acids is 2. The van der Waals surface area contributed by atoms with Crippen LogP contribution in [0.5, 0.6) is 0 Å². The minimum absolute atomic E-state index is 0. The molecule has 2 atom stereocenters. The molecule has 0 aromatic rings. The van der Waals surface area contributed by atoms with E-state index in [1.165, 1.54) is 32.1 Å². The summed E-state index contributed by atoms with van der Waals surface area (Å²) in [7, 11) is 0. The van der Waals surface area contributed by atoms with Crippen LogP contribution in [0.1, 0.15) is 65.2 Å². The highest BCUT2D eigenvalue weighted by Gasteiger charge is 2.55. The maximum atomic E-state index is 13.3. The largest absolute Gasteiger partial charge is 0.354 e. The van der Waals surface area contributed by atoms with E-state index in [0.717, 1.165) is 50.1 Å². The molecular formula is C22H38ClN3O2. The van der Waals surface area contributed by atoms with Crippen LogP contribution >= 0.6 is 12.4 Å². The van der Waals surface area contributed by atoms with Crippen molar-refractivity contribution in [1.29, 1.82) is 0 Å². The van der Waals surface area contributed by atoms with Crippen LogP contribution in [0.2, 0.25) is 0 Å². The molecule has 2 amide bonds. The van der Waals surface area contributed by atoms with E-state index in [0.29, 0.717) is 12.5 Å². The molecule has 5 fully saturated rings. The van der Waals surface area contributed by atoms with Gasteiger partial charge >= 0.3 is 0 Å². The van der Waals surface area contributed by atoms with Crippen molar-refractivity contribution in [1.82, 2.24) is 16.0 Å². The molecule has 4 saturated carbocycles. The first-order valence-corrected chi connectivity index (χ1v) is 11.2. The number of piperidine rings is 1. The van der Waals surface area contributed by atoms with Crippen molar-refractivity contribution in [3.8, 4) is 0 Å². The van der Waals surface area contributed by atoms with Crippen molar-refractivity contribution in [2.24, 2.45) is 35.0 Å². The number of hydrogen-bond acceptors (Lipinski definition) is 3. The molecule has 4 aliphatic carbocycles. The summed E-state index contributed by atoms with van der Waals surface area (Å²) in [5.74, 6) is 3.00. The lowest BCUT2D eigenvalue weighted by Crippen LogP contribution is -2.58. The average molecular weight is 412 g/mol. The van der Waals surface area contributed by atoms with E-state index < -0.39 is 6.04 Å². The molecule has 1 heterocycles. The minimum atomic E-state index is -0.415. The Kier molecular flexibility index (Phi) is 6.96. The summed E-state index contributed by atoms with van der Waals surface area (Å²) >= 11 is 0. The Bertz CT molecular complexity index is 539. The van der Waals surface area contributed by atoms with Gasteiger partial charge in [0.25, 0.3) is 0 Å². The number of nitrogens with one attached hydrogen (secondary N) is 3. The minimum Gasteiger partial charge on any atom is -0.354 e. The summed E-state index contributed by atoms with van der Waals surface area (Å²) < 4.78 is 0. The van der Waals surface area contributed by atoms with Crippen molar-refractivity contribution < 1.29 is 9.59 Å². The summed E-state index contributed by atoms with van der Waals surface area (Å²) in [6.07, 6.45) is 9.47. The summed E-state index contributed by atoms with van der Waals surface area (Å²) in [6, 6.07) is -0.415. The second-order valence-corrected chi connectivity index (χ2v) is 10.4. The van der Waals surface area contributed by atoms with Crippen molar-refractivity contribution >= 4 is 24.2 Å². The Balaban J connectivity index is 0.00000225. The molecule has 5 nitrogen and oxygen atoms in total. The Morgan fingerprint density at radius 3 is 2.18 bits per heavy atom. The second kappa shape index (κ2) is 8.91. The molecule has 1 saturated heterocycles. The van der Waals surface area contributed by atoms with Crippen molar-refractivity contribution in [3.05, 3.63) is 0 Å². The van der Waals surface area contributed by atoms with E-state index in [9.17, 15) is 9.59 Å². The van der Waals surface area contributed by atoms with Gasteiger partial charge < -0.3 is 16.0 Å². The average Bonchev–Trinajstić information content (AvgIpc) is 2.63. The second-order valence-electron chi connectivity index (χ2n) is 10.4.